The van der Waals surface area contributed by atoms with Crippen LogP contribution >= 0.6 is 7.82 Å². The number of hydrogen-bond donors (Lipinski definition) is 2. The molecule has 0 aliphatic heterocycles. The number of carbonyl (C=O) groups is 3. The van der Waals surface area contributed by atoms with E-state index in [1.807, 2.05) is 6.92 Å². The molecule has 0 heterocycles. The van der Waals surface area contributed by atoms with E-state index in [0.29, 0.717) is 12.8 Å². The largest absolute Gasteiger partial charge is 0.472 e. The molecule has 0 saturated carbocycles. The van der Waals surface area contributed by atoms with Gasteiger partial charge in [0.05, 0.1) is 19.8 Å². The molecule has 0 radical (unpaired) electrons. The van der Waals surface area contributed by atoms with Crippen molar-refractivity contribution in [1.82, 2.24) is 5.32 Å². The van der Waals surface area contributed by atoms with Gasteiger partial charge in [-0.1, -0.05) is 117 Å². The van der Waals surface area contributed by atoms with E-state index in [0.717, 1.165) is 25.7 Å². The number of hydrogen-bond acceptors (Lipinski definition) is 9. The predicted octanol–water partition coefficient (Wildman–Crippen LogP) is 8.16. The number of esters is 2. The lowest BCUT2D eigenvalue weighted by Gasteiger charge is -2.20. The summed E-state index contributed by atoms with van der Waals surface area (Å²) < 4.78 is 37.3. The molecule has 0 aromatic carbocycles. The van der Waals surface area contributed by atoms with Gasteiger partial charge in [-0.25, -0.2) is 9.36 Å². The van der Waals surface area contributed by atoms with E-state index < -0.39 is 38.6 Å². The molecule has 2 N–H and O–H groups in total. The summed E-state index contributed by atoms with van der Waals surface area (Å²) in [6, 6.07) is 0. The van der Waals surface area contributed by atoms with Crippen molar-refractivity contribution >= 4 is 25.9 Å². The number of alkyl carbamates (subject to hydrolysis) is 1. The van der Waals surface area contributed by atoms with Crippen molar-refractivity contribution in [3.63, 3.8) is 0 Å². The van der Waals surface area contributed by atoms with Crippen molar-refractivity contribution in [2.75, 3.05) is 33.0 Å². The van der Waals surface area contributed by atoms with Crippen LogP contribution in [0.3, 0.4) is 0 Å². The first-order chi connectivity index (χ1) is 21.2. The summed E-state index contributed by atoms with van der Waals surface area (Å²) in [5.74, 6) is -0.918. The third-order valence-corrected chi connectivity index (χ3v) is 8.01. The van der Waals surface area contributed by atoms with Crippen LogP contribution < -0.4 is 5.32 Å². The van der Waals surface area contributed by atoms with Crippen molar-refractivity contribution in [3.8, 4) is 0 Å². The average Bonchev–Trinajstić information content (AvgIpc) is 2.99. The zero-order valence-corrected chi connectivity index (χ0v) is 28.7. The molecule has 1 unspecified atom stereocenters. The topological polar surface area (TPSA) is 147 Å². The number of amides is 1. The van der Waals surface area contributed by atoms with Gasteiger partial charge in [0, 0.05) is 19.4 Å². The quantitative estimate of drug-likeness (QED) is 0.0326. The molecule has 2 atom stereocenters. The molecule has 0 aromatic heterocycles. The minimum atomic E-state index is -4.51. The van der Waals surface area contributed by atoms with Crippen LogP contribution in [0.4, 0.5) is 4.79 Å². The molecular formula is C32H62NO10P. The molecule has 0 aliphatic carbocycles. The lowest BCUT2D eigenvalue weighted by molar-refractivity contribution is -0.161. The highest BCUT2D eigenvalue weighted by Gasteiger charge is 2.26. The summed E-state index contributed by atoms with van der Waals surface area (Å²) in [6.45, 7) is 4.95. The van der Waals surface area contributed by atoms with E-state index in [1.165, 1.54) is 77.0 Å². The average molecular weight is 652 g/mol. The Kier molecular flexibility index (Phi) is 28.9. The summed E-state index contributed by atoms with van der Waals surface area (Å²) in [5.41, 5.74) is 0. The van der Waals surface area contributed by atoms with Gasteiger partial charge in [0.1, 0.15) is 6.61 Å². The standard InChI is InChI=1S/C32H62NO10P/c1-4-7-9-10-11-12-13-14-15-16-17-18-19-20-22-23-30(34)40-27-29(43-31(35)24-21-8-5-2)28-42-44(37,38)41-26-25-33-32(36)39-6-3/h29H,4-28H2,1-3H3,(H,33,36)(H,37,38)/t29-/m1/s1. The van der Waals surface area contributed by atoms with Crippen LogP contribution in [0.15, 0.2) is 0 Å². The van der Waals surface area contributed by atoms with E-state index >= 15 is 0 Å². The molecule has 0 spiro atoms. The fraction of sp³-hybridized carbons (Fsp3) is 0.906. The lowest BCUT2D eigenvalue weighted by Crippen LogP contribution is -2.30. The van der Waals surface area contributed by atoms with Gasteiger partial charge < -0.3 is 24.4 Å². The Bertz CT molecular complexity index is 767. The Balaban J connectivity index is 4.21. The Labute approximate surface area is 266 Å². The third-order valence-electron chi connectivity index (χ3n) is 7.02. The number of rotatable bonds is 31. The molecule has 0 fully saturated rings. The Morgan fingerprint density at radius 2 is 1.11 bits per heavy atom. The fourth-order valence-corrected chi connectivity index (χ4v) is 5.24. The minimum absolute atomic E-state index is 0.0699. The van der Waals surface area contributed by atoms with Crippen LogP contribution in [0.2, 0.25) is 0 Å². The molecule has 0 rings (SSSR count). The Morgan fingerprint density at radius 3 is 1.66 bits per heavy atom. The van der Waals surface area contributed by atoms with Crippen molar-refractivity contribution in [3.05, 3.63) is 0 Å². The molecule has 11 nitrogen and oxygen atoms in total. The maximum absolute atomic E-state index is 12.3. The first kappa shape index (κ1) is 42.3. The predicted molar refractivity (Wildman–Crippen MR) is 171 cm³/mol. The van der Waals surface area contributed by atoms with Gasteiger partial charge in [-0.3, -0.25) is 18.6 Å². The summed E-state index contributed by atoms with van der Waals surface area (Å²) in [7, 11) is -4.51. The highest BCUT2D eigenvalue weighted by molar-refractivity contribution is 7.47. The van der Waals surface area contributed by atoms with E-state index in [4.69, 9.17) is 18.5 Å². The molecule has 1 amide bonds. The van der Waals surface area contributed by atoms with E-state index in [1.54, 1.807) is 6.92 Å². The smallest absolute Gasteiger partial charge is 0.462 e. The van der Waals surface area contributed by atoms with Crippen LogP contribution in [0.1, 0.15) is 149 Å². The maximum Gasteiger partial charge on any atom is 0.472 e. The van der Waals surface area contributed by atoms with E-state index in [2.05, 4.69) is 17.0 Å². The maximum atomic E-state index is 12.3. The zero-order valence-electron chi connectivity index (χ0n) is 27.8. The second kappa shape index (κ2) is 30.0. The first-order valence-electron chi connectivity index (χ1n) is 17.1. The fourth-order valence-electron chi connectivity index (χ4n) is 4.49. The molecule has 0 aromatic rings. The van der Waals surface area contributed by atoms with Gasteiger partial charge in [-0.05, 0) is 19.8 Å². The number of phosphoric acid groups is 1. The SMILES string of the molecule is CCCCCCCCCCCCCCCCCC(=O)OC[C@H](COP(=O)(O)OCCNC(=O)OCC)OC(=O)CCCCC. The second-order valence-electron chi connectivity index (χ2n) is 11.2. The molecule has 0 saturated heterocycles. The van der Waals surface area contributed by atoms with Gasteiger partial charge in [-0.15, -0.1) is 0 Å². The monoisotopic (exact) mass is 651 g/mol. The highest BCUT2D eigenvalue weighted by Crippen LogP contribution is 2.43. The third kappa shape index (κ3) is 29.1. The van der Waals surface area contributed by atoms with Crippen molar-refractivity contribution in [2.45, 2.75) is 155 Å². The molecule has 0 aliphatic rings. The number of carbonyl (C=O) groups excluding carboxylic acids is 3. The van der Waals surface area contributed by atoms with Crippen LogP contribution in [-0.2, 0) is 37.4 Å². The summed E-state index contributed by atoms with van der Waals surface area (Å²) in [4.78, 5) is 45.7. The van der Waals surface area contributed by atoms with Crippen LogP contribution in [0, 0.1) is 0 Å². The summed E-state index contributed by atoms with van der Waals surface area (Å²) in [5, 5.41) is 2.35. The lowest BCUT2D eigenvalue weighted by atomic mass is 10.0. The van der Waals surface area contributed by atoms with Gasteiger partial charge in [0.2, 0.25) is 0 Å². The molecule has 260 valence electrons. The van der Waals surface area contributed by atoms with Crippen molar-refractivity contribution in [1.29, 1.82) is 0 Å². The molecule has 44 heavy (non-hydrogen) atoms. The Morgan fingerprint density at radius 1 is 0.636 bits per heavy atom. The van der Waals surface area contributed by atoms with Crippen LogP contribution in [0.5, 0.6) is 0 Å². The van der Waals surface area contributed by atoms with Crippen molar-refractivity contribution < 1.29 is 47.1 Å². The van der Waals surface area contributed by atoms with E-state index in [9.17, 15) is 23.8 Å². The molecule has 12 heteroatoms. The summed E-state index contributed by atoms with van der Waals surface area (Å²) in [6.07, 6.45) is 19.7. The highest BCUT2D eigenvalue weighted by atomic mass is 31.2. The van der Waals surface area contributed by atoms with Gasteiger partial charge >= 0.3 is 25.9 Å². The molecule has 0 bridgehead atoms. The Hall–Kier alpha value is -1.68. The number of phosphoric ester groups is 1. The van der Waals surface area contributed by atoms with E-state index in [-0.39, 0.29) is 39.2 Å². The normalized spacial score (nSPS) is 13.2. The minimum Gasteiger partial charge on any atom is -0.462 e. The molecular weight excluding hydrogens is 589 g/mol. The number of unbranched alkanes of at least 4 members (excludes halogenated alkanes) is 16. The number of nitrogens with one attached hydrogen (secondary N) is 1. The first-order valence-corrected chi connectivity index (χ1v) is 18.6. The summed E-state index contributed by atoms with van der Waals surface area (Å²) >= 11 is 0. The number of ether oxygens (including phenoxy) is 3. The zero-order chi connectivity index (χ0) is 32.7. The van der Waals surface area contributed by atoms with Crippen LogP contribution in [0.25, 0.3) is 0 Å². The van der Waals surface area contributed by atoms with Gasteiger partial charge in [-0.2, -0.15) is 0 Å². The second-order valence-corrected chi connectivity index (χ2v) is 12.7. The van der Waals surface area contributed by atoms with Gasteiger partial charge in [0.15, 0.2) is 6.10 Å². The van der Waals surface area contributed by atoms with Gasteiger partial charge in [0.25, 0.3) is 0 Å². The van der Waals surface area contributed by atoms with Crippen LogP contribution in [-0.4, -0.2) is 62.0 Å². The van der Waals surface area contributed by atoms with Crippen molar-refractivity contribution in [2.24, 2.45) is 0 Å².